The second-order valence-electron chi connectivity index (χ2n) is 4.03. The van der Waals surface area contributed by atoms with Crippen molar-refractivity contribution in [2.45, 2.75) is 31.3 Å². The minimum atomic E-state index is 0.395. The van der Waals surface area contributed by atoms with E-state index in [1.54, 1.807) is 0 Å². The molecule has 0 aromatic heterocycles. The Morgan fingerprint density at radius 2 is 2.38 bits per heavy atom. The molecule has 68 valence electrons. The molecule has 0 aromatic carbocycles. The van der Waals surface area contributed by atoms with Gasteiger partial charge in [0.05, 0.1) is 6.04 Å². The Morgan fingerprint density at radius 1 is 1.46 bits per heavy atom. The maximum absolute atomic E-state index is 6.14. The smallest absolute Gasteiger partial charge is 0.0534 e. The van der Waals surface area contributed by atoms with Crippen molar-refractivity contribution in [1.29, 1.82) is 0 Å². The molecule has 0 radical (unpaired) electrons. The fraction of sp³-hybridized carbons (Fsp3) is 0.455. The number of hydrogen-bond donors (Lipinski definition) is 2. The van der Waals surface area contributed by atoms with Crippen LogP contribution in [0.15, 0.2) is 35.1 Å². The first kappa shape index (κ1) is 7.39. The van der Waals surface area contributed by atoms with Crippen LogP contribution in [-0.2, 0) is 0 Å². The molecule has 2 aliphatic carbocycles. The van der Waals surface area contributed by atoms with E-state index in [1.165, 1.54) is 30.4 Å². The fourth-order valence-corrected chi connectivity index (χ4v) is 2.63. The van der Waals surface area contributed by atoms with Crippen molar-refractivity contribution in [3.63, 3.8) is 0 Å². The van der Waals surface area contributed by atoms with Gasteiger partial charge < -0.3 is 5.73 Å². The van der Waals surface area contributed by atoms with Crippen LogP contribution in [0.3, 0.4) is 0 Å². The van der Waals surface area contributed by atoms with Crippen LogP contribution in [0, 0.1) is 0 Å². The number of fused-ring (bicyclic) bond motifs is 2. The predicted molar refractivity (Wildman–Crippen MR) is 53.0 cm³/mol. The Morgan fingerprint density at radius 3 is 3.31 bits per heavy atom. The molecule has 0 saturated heterocycles. The van der Waals surface area contributed by atoms with E-state index in [9.17, 15) is 0 Å². The first-order chi connectivity index (χ1) is 6.36. The molecule has 0 amide bonds. The Labute approximate surface area is 78.2 Å². The van der Waals surface area contributed by atoms with E-state index in [0.717, 1.165) is 5.70 Å². The van der Waals surface area contributed by atoms with Crippen molar-refractivity contribution < 1.29 is 0 Å². The first-order valence-electron chi connectivity index (χ1n) is 4.99. The summed E-state index contributed by atoms with van der Waals surface area (Å²) in [5.41, 5.74) is 9.94. The van der Waals surface area contributed by atoms with Gasteiger partial charge in [-0.3, -0.25) is 5.32 Å². The zero-order valence-corrected chi connectivity index (χ0v) is 7.59. The molecule has 0 spiro atoms. The molecule has 3 aliphatic rings. The van der Waals surface area contributed by atoms with E-state index in [2.05, 4.69) is 23.5 Å². The Kier molecular flexibility index (Phi) is 1.41. The van der Waals surface area contributed by atoms with Crippen LogP contribution < -0.4 is 11.1 Å². The quantitative estimate of drug-likeness (QED) is 0.579. The van der Waals surface area contributed by atoms with Crippen LogP contribution in [0.5, 0.6) is 0 Å². The summed E-state index contributed by atoms with van der Waals surface area (Å²) in [6.45, 7) is 0. The third-order valence-corrected chi connectivity index (χ3v) is 3.31. The normalized spacial score (nSPS) is 36.2. The molecule has 0 aromatic rings. The van der Waals surface area contributed by atoms with Gasteiger partial charge in [-0.1, -0.05) is 18.2 Å². The molecule has 1 heterocycles. The second kappa shape index (κ2) is 2.48. The summed E-state index contributed by atoms with van der Waals surface area (Å²) in [6, 6.07) is 0.955. The highest BCUT2D eigenvalue weighted by Crippen LogP contribution is 2.35. The molecular formula is C11H14N2. The standard InChI is InChI=1S/C11H14N2/c12-11-7-3-1-5-9(7)13-10-6-2-4-8(10)11/h1,3,5,9-10,13H,2,4,6,12H2. The monoisotopic (exact) mass is 174 g/mol. The lowest BCUT2D eigenvalue weighted by atomic mass is 9.94. The number of nitrogens with two attached hydrogens (primary N) is 1. The van der Waals surface area contributed by atoms with Crippen LogP contribution in [-0.4, -0.2) is 12.1 Å². The molecule has 2 unspecified atom stereocenters. The molecule has 13 heavy (non-hydrogen) atoms. The average Bonchev–Trinajstić information content (AvgIpc) is 2.71. The first-order valence-corrected chi connectivity index (χ1v) is 4.99. The van der Waals surface area contributed by atoms with Crippen LogP contribution >= 0.6 is 0 Å². The SMILES string of the molecule is NC1=C2CCCC2NC2C=CC=C12. The number of allylic oxidation sites excluding steroid dienone is 2. The maximum Gasteiger partial charge on any atom is 0.0534 e. The minimum absolute atomic E-state index is 0.395. The second-order valence-corrected chi connectivity index (χ2v) is 4.03. The van der Waals surface area contributed by atoms with Crippen LogP contribution in [0.1, 0.15) is 19.3 Å². The average molecular weight is 174 g/mol. The van der Waals surface area contributed by atoms with Gasteiger partial charge in [-0.25, -0.2) is 0 Å². The van der Waals surface area contributed by atoms with Gasteiger partial charge in [0.15, 0.2) is 0 Å². The van der Waals surface area contributed by atoms with Gasteiger partial charge in [-0.15, -0.1) is 0 Å². The largest absolute Gasteiger partial charge is 0.398 e. The molecule has 2 nitrogen and oxygen atoms in total. The van der Waals surface area contributed by atoms with Crippen LogP contribution in [0.25, 0.3) is 0 Å². The van der Waals surface area contributed by atoms with Crippen molar-refractivity contribution >= 4 is 0 Å². The van der Waals surface area contributed by atoms with Gasteiger partial charge in [0, 0.05) is 11.7 Å². The summed E-state index contributed by atoms with van der Waals surface area (Å²) in [5, 5.41) is 3.61. The molecule has 1 saturated carbocycles. The van der Waals surface area contributed by atoms with Crippen LogP contribution in [0.2, 0.25) is 0 Å². The highest BCUT2D eigenvalue weighted by atomic mass is 15.0. The van der Waals surface area contributed by atoms with E-state index < -0.39 is 0 Å². The fourth-order valence-electron chi connectivity index (χ4n) is 2.63. The topological polar surface area (TPSA) is 38.0 Å². The van der Waals surface area contributed by atoms with E-state index in [-0.39, 0.29) is 0 Å². The number of nitrogens with one attached hydrogen (secondary N) is 1. The summed E-state index contributed by atoms with van der Waals surface area (Å²) in [4.78, 5) is 0. The van der Waals surface area contributed by atoms with E-state index in [1.807, 2.05) is 0 Å². The highest BCUT2D eigenvalue weighted by molar-refractivity contribution is 5.50. The molecular weight excluding hydrogens is 160 g/mol. The molecule has 1 aliphatic heterocycles. The Hall–Kier alpha value is -1.02. The van der Waals surface area contributed by atoms with Crippen molar-refractivity contribution in [3.8, 4) is 0 Å². The van der Waals surface area contributed by atoms with Gasteiger partial charge in [-0.05, 0) is 30.4 Å². The van der Waals surface area contributed by atoms with Gasteiger partial charge in [0.1, 0.15) is 0 Å². The highest BCUT2D eigenvalue weighted by Gasteiger charge is 2.33. The van der Waals surface area contributed by atoms with Crippen molar-refractivity contribution in [2.24, 2.45) is 5.73 Å². The van der Waals surface area contributed by atoms with E-state index in [4.69, 9.17) is 5.73 Å². The lowest BCUT2D eigenvalue weighted by molar-refractivity contribution is 0.538. The van der Waals surface area contributed by atoms with E-state index in [0.29, 0.717) is 12.1 Å². The predicted octanol–water partition coefficient (Wildman–Crippen LogP) is 1.22. The van der Waals surface area contributed by atoms with Gasteiger partial charge in [0.2, 0.25) is 0 Å². The summed E-state index contributed by atoms with van der Waals surface area (Å²) < 4.78 is 0. The molecule has 3 rings (SSSR count). The van der Waals surface area contributed by atoms with Gasteiger partial charge >= 0.3 is 0 Å². The zero-order valence-electron chi connectivity index (χ0n) is 7.59. The number of hydrogen-bond acceptors (Lipinski definition) is 2. The van der Waals surface area contributed by atoms with Crippen molar-refractivity contribution in [1.82, 2.24) is 5.32 Å². The zero-order chi connectivity index (χ0) is 8.84. The molecule has 3 N–H and O–H groups in total. The van der Waals surface area contributed by atoms with Crippen molar-refractivity contribution in [2.75, 3.05) is 0 Å². The maximum atomic E-state index is 6.14. The summed E-state index contributed by atoms with van der Waals surface area (Å²) in [5.74, 6) is 0. The van der Waals surface area contributed by atoms with Crippen LogP contribution in [0.4, 0.5) is 0 Å². The lowest BCUT2D eigenvalue weighted by Crippen LogP contribution is -2.43. The third-order valence-electron chi connectivity index (χ3n) is 3.31. The lowest BCUT2D eigenvalue weighted by Gasteiger charge is -2.29. The number of rotatable bonds is 0. The third kappa shape index (κ3) is 0.923. The molecule has 0 bridgehead atoms. The Balaban J connectivity index is 2.08. The summed E-state index contributed by atoms with van der Waals surface area (Å²) in [7, 11) is 0. The summed E-state index contributed by atoms with van der Waals surface area (Å²) >= 11 is 0. The van der Waals surface area contributed by atoms with Gasteiger partial charge in [0.25, 0.3) is 0 Å². The summed E-state index contributed by atoms with van der Waals surface area (Å²) in [6.07, 6.45) is 10.2. The molecule has 1 fully saturated rings. The van der Waals surface area contributed by atoms with Gasteiger partial charge in [-0.2, -0.15) is 0 Å². The minimum Gasteiger partial charge on any atom is -0.398 e. The Bertz CT molecular complexity index is 336. The molecule has 2 atom stereocenters. The molecule has 2 heteroatoms. The van der Waals surface area contributed by atoms with Crippen molar-refractivity contribution in [3.05, 3.63) is 35.1 Å². The van der Waals surface area contributed by atoms with E-state index >= 15 is 0 Å².